The van der Waals surface area contributed by atoms with E-state index in [9.17, 15) is 4.79 Å². The van der Waals surface area contributed by atoms with Crippen LogP contribution in [-0.4, -0.2) is 27.0 Å². The maximum absolute atomic E-state index is 14.4. The van der Waals surface area contributed by atoms with E-state index < -0.39 is 5.92 Å². The summed E-state index contributed by atoms with van der Waals surface area (Å²) in [5.41, 5.74) is 2.43. The first-order valence-corrected chi connectivity index (χ1v) is 12.6. The summed E-state index contributed by atoms with van der Waals surface area (Å²) in [5, 5.41) is 1.22. The average Bonchev–Trinajstić information content (AvgIpc) is 3.55. The molecule has 0 unspecified atom stereocenters. The number of amides is 1. The predicted molar refractivity (Wildman–Crippen MR) is 146 cm³/mol. The van der Waals surface area contributed by atoms with Crippen molar-refractivity contribution in [2.24, 2.45) is 0 Å². The second kappa shape index (κ2) is 10.3. The first kappa shape index (κ1) is 24.3. The lowest BCUT2D eigenvalue weighted by molar-refractivity contribution is -0.119. The molecule has 0 N–H and O–H groups in total. The van der Waals surface area contributed by atoms with E-state index in [2.05, 4.69) is 4.98 Å². The number of imidazole rings is 1. The Morgan fingerprint density at radius 3 is 2.42 bits per heavy atom. The minimum absolute atomic E-state index is 0. The number of hydrogen-bond acceptors (Lipinski definition) is 5. The van der Waals surface area contributed by atoms with Gasteiger partial charge in [0.05, 0.1) is 22.0 Å². The third-order valence-electron chi connectivity index (χ3n) is 6.14. The Balaban J connectivity index is 0.00000267. The molecule has 3 aromatic carbocycles. The molecule has 6 rings (SSSR count). The van der Waals surface area contributed by atoms with Crippen LogP contribution in [0.5, 0.6) is 11.5 Å². The number of halogens is 2. The van der Waals surface area contributed by atoms with Crippen LogP contribution < -0.4 is 9.64 Å². The van der Waals surface area contributed by atoms with E-state index in [1.807, 2.05) is 82.4 Å². The number of aromatic nitrogens is 3. The summed E-state index contributed by atoms with van der Waals surface area (Å²) in [6, 6.07) is 21.2. The quantitative estimate of drug-likeness (QED) is 0.236. The van der Waals surface area contributed by atoms with Crippen LogP contribution in [-0.2, 0) is 11.3 Å². The SMILES string of the molecule is Cl.O=C(C1c2ccccc2Oc2ccccc21)N(CCCn1ccnc1)c1nc2c(Cl)cccc2s1. The first-order valence-electron chi connectivity index (χ1n) is 11.4. The lowest BCUT2D eigenvalue weighted by Gasteiger charge is -2.31. The normalized spacial score (nSPS) is 12.4. The first-order chi connectivity index (χ1) is 17.2. The van der Waals surface area contributed by atoms with E-state index in [0.29, 0.717) is 33.7 Å². The molecule has 9 heteroatoms. The molecule has 5 aromatic rings. The number of nitrogens with zero attached hydrogens (tertiary/aromatic N) is 4. The molecule has 0 atom stereocenters. The third-order valence-corrected chi connectivity index (χ3v) is 7.49. The van der Waals surface area contributed by atoms with Gasteiger partial charge < -0.3 is 9.30 Å². The molecule has 0 saturated heterocycles. The number of para-hydroxylation sites is 3. The molecule has 1 aliphatic rings. The maximum Gasteiger partial charge on any atom is 0.241 e. The molecule has 0 aliphatic carbocycles. The van der Waals surface area contributed by atoms with Crippen molar-refractivity contribution in [3.63, 3.8) is 0 Å². The number of carbonyl (C=O) groups is 1. The van der Waals surface area contributed by atoms with E-state index >= 15 is 0 Å². The molecule has 1 aliphatic heterocycles. The van der Waals surface area contributed by atoms with E-state index in [-0.39, 0.29) is 18.3 Å². The predicted octanol–water partition coefficient (Wildman–Crippen LogP) is 6.93. The van der Waals surface area contributed by atoms with Gasteiger partial charge in [0.15, 0.2) is 5.13 Å². The second-order valence-corrected chi connectivity index (χ2v) is 9.75. The Hall–Kier alpha value is -3.39. The van der Waals surface area contributed by atoms with Crippen molar-refractivity contribution in [1.29, 1.82) is 0 Å². The number of fused-ring (bicyclic) bond motifs is 3. The van der Waals surface area contributed by atoms with Gasteiger partial charge in [-0.25, -0.2) is 9.97 Å². The molecule has 0 fully saturated rings. The number of aryl methyl sites for hydroxylation is 1. The van der Waals surface area contributed by atoms with Crippen molar-refractivity contribution in [2.75, 3.05) is 11.4 Å². The number of rotatable bonds is 6. The Kier molecular flexibility index (Phi) is 6.96. The molecule has 2 aromatic heterocycles. The fourth-order valence-electron chi connectivity index (χ4n) is 4.48. The number of ether oxygens (including phenoxy) is 1. The molecule has 0 saturated carbocycles. The Morgan fingerprint density at radius 1 is 1.03 bits per heavy atom. The van der Waals surface area contributed by atoms with Crippen molar-refractivity contribution in [1.82, 2.24) is 14.5 Å². The van der Waals surface area contributed by atoms with Crippen LogP contribution >= 0.6 is 35.3 Å². The molecule has 3 heterocycles. The number of carbonyl (C=O) groups excluding carboxylic acids is 1. The van der Waals surface area contributed by atoms with Gasteiger partial charge in [-0.05, 0) is 30.7 Å². The van der Waals surface area contributed by atoms with Gasteiger partial charge in [0.2, 0.25) is 5.91 Å². The molecule has 182 valence electrons. The summed E-state index contributed by atoms with van der Waals surface area (Å²) in [4.78, 5) is 25.1. The molecule has 0 bridgehead atoms. The third kappa shape index (κ3) is 4.46. The fraction of sp³-hybridized carbons (Fsp3) is 0.148. The topological polar surface area (TPSA) is 60.2 Å². The number of benzene rings is 3. The molecular formula is C27H22Cl2N4O2S. The van der Waals surface area contributed by atoms with Gasteiger partial charge >= 0.3 is 0 Å². The van der Waals surface area contributed by atoms with Gasteiger partial charge in [-0.15, -0.1) is 12.4 Å². The maximum atomic E-state index is 14.4. The van der Waals surface area contributed by atoms with Gasteiger partial charge in [-0.2, -0.15) is 0 Å². The molecule has 0 spiro atoms. The second-order valence-electron chi connectivity index (χ2n) is 8.34. The van der Waals surface area contributed by atoms with E-state index in [1.165, 1.54) is 11.3 Å². The van der Waals surface area contributed by atoms with Gasteiger partial charge in [0, 0.05) is 36.6 Å². The lowest BCUT2D eigenvalue weighted by Crippen LogP contribution is -2.37. The highest BCUT2D eigenvalue weighted by Crippen LogP contribution is 2.45. The van der Waals surface area contributed by atoms with Crippen molar-refractivity contribution in [3.05, 3.63) is 102 Å². The molecule has 6 nitrogen and oxygen atoms in total. The van der Waals surface area contributed by atoms with Crippen molar-refractivity contribution in [3.8, 4) is 11.5 Å². The van der Waals surface area contributed by atoms with Crippen LogP contribution in [0.3, 0.4) is 0 Å². The van der Waals surface area contributed by atoms with E-state index in [4.69, 9.17) is 21.3 Å². The van der Waals surface area contributed by atoms with Crippen molar-refractivity contribution in [2.45, 2.75) is 18.9 Å². The standard InChI is InChI=1S/C27H21ClN4O2S.ClH/c28-20-9-5-12-23-25(20)30-27(35-23)32(15-6-14-31-16-13-29-17-31)26(33)24-18-7-1-3-10-21(18)34-22-11-4-2-8-19(22)24;/h1-5,7-13,16-17,24H,6,14-15H2;1H. The minimum atomic E-state index is -0.494. The van der Waals surface area contributed by atoms with Gasteiger partial charge in [0.1, 0.15) is 17.0 Å². The molecule has 0 radical (unpaired) electrons. The number of anilines is 1. The van der Waals surface area contributed by atoms with Gasteiger partial charge in [-0.3, -0.25) is 9.69 Å². The van der Waals surface area contributed by atoms with Crippen LogP contribution in [0.2, 0.25) is 5.02 Å². The number of hydrogen-bond donors (Lipinski definition) is 0. The Labute approximate surface area is 223 Å². The highest BCUT2D eigenvalue weighted by molar-refractivity contribution is 7.22. The van der Waals surface area contributed by atoms with Crippen molar-refractivity contribution < 1.29 is 9.53 Å². The zero-order valence-electron chi connectivity index (χ0n) is 19.1. The molecule has 1 amide bonds. The fourth-order valence-corrected chi connectivity index (χ4v) is 5.78. The van der Waals surface area contributed by atoms with Crippen LogP contribution in [0.25, 0.3) is 10.2 Å². The summed E-state index contributed by atoms with van der Waals surface area (Å²) in [6.07, 6.45) is 6.22. The van der Waals surface area contributed by atoms with Gasteiger partial charge in [-0.1, -0.05) is 65.4 Å². The molecule has 36 heavy (non-hydrogen) atoms. The van der Waals surface area contributed by atoms with Crippen LogP contribution in [0.4, 0.5) is 5.13 Å². The van der Waals surface area contributed by atoms with E-state index in [0.717, 1.165) is 28.8 Å². The Morgan fingerprint density at radius 2 is 1.75 bits per heavy atom. The van der Waals surface area contributed by atoms with Crippen molar-refractivity contribution >= 4 is 56.6 Å². The summed E-state index contributed by atoms with van der Waals surface area (Å²) < 4.78 is 9.09. The van der Waals surface area contributed by atoms with Gasteiger partial charge in [0.25, 0.3) is 0 Å². The highest BCUT2D eigenvalue weighted by atomic mass is 35.5. The van der Waals surface area contributed by atoms with Crippen LogP contribution in [0, 0.1) is 0 Å². The summed E-state index contributed by atoms with van der Waals surface area (Å²) in [6.45, 7) is 1.26. The number of thiazole rings is 1. The average molecular weight is 537 g/mol. The largest absolute Gasteiger partial charge is 0.457 e. The van der Waals surface area contributed by atoms with Crippen LogP contribution in [0.1, 0.15) is 23.5 Å². The summed E-state index contributed by atoms with van der Waals surface area (Å²) in [7, 11) is 0. The highest BCUT2D eigenvalue weighted by Gasteiger charge is 2.36. The Bertz CT molecular complexity index is 1470. The zero-order chi connectivity index (χ0) is 23.8. The monoisotopic (exact) mass is 536 g/mol. The molecular weight excluding hydrogens is 515 g/mol. The lowest BCUT2D eigenvalue weighted by atomic mass is 9.87. The summed E-state index contributed by atoms with van der Waals surface area (Å²) >= 11 is 7.90. The minimum Gasteiger partial charge on any atom is -0.457 e. The summed E-state index contributed by atoms with van der Waals surface area (Å²) in [5.74, 6) is 0.881. The van der Waals surface area contributed by atoms with Crippen LogP contribution in [0.15, 0.2) is 85.5 Å². The smallest absolute Gasteiger partial charge is 0.241 e. The zero-order valence-corrected chi connectivity index (χ0v) is 21.5. The van der Waals surface area contributed by atoms with E-state index in [1.54, 1.807) is 12.5 Å².